The highest BCUT2D eigenvalue weighted by atomic mass is 16.5. The van der Waals surface area contributed by atoms with Gasteiger partial charge in [-0.05, 0) is 50.6 Å². The lowest BCUT2D eigenvalue weighted by Crippen LogP contribution is -2.30. The van der Waals surface area contributed by atoms with Gasteiger partial charge in [-0.2, -0.15) is 0 Å². The summed E-state index contributed by atoms with van der Waals surface area (Å²) in [5, 5.41) is 22.8. The molecule has 1 aliphatic rings. The van der Waals surface area contributed by atoms with E-state index in [2.05, 4.69) is 20.6 Å². The Morgan fingerprint density at radius 3 is 2.52 bits per heavy atom. The Bertz CT molecular complexity index is 853. The average molecular weight is 403 g/mol. The molecule has 3 rings (SSSR count). The zero-order valence-electron chi connectivity index (χ0n) is 16.1. The molecule has 1 atom stereocenters. The number of nitrogens with two attached hydrogens (primary N) is 1. The smallest absolute Gasteiger partial charge is 0.412 e. The van der Waals surface area contributed by atoms with Crippen LogP contribution < -0.4 is 16.4 Å². The lowest BCUT2D eigenvalue weighted by molar-refractivity contribution is 0.168. The van der Waals surface area contributed by atoms with Crippen molar-refractivity contribution in [1.82, 2.24) is 4.98 Å². The van der Waals surface area contributed by atoms with Gasteiger partial charge in [-0.15, -0.1) is 0 Å². The van der Waals surface area contributed by atoms with E-state index in [9.17, 15) is 9.90 Å². The van der Waals surface area contributed by atoms with Crippen LogP contribution in [0.1, 0.15) is 33.8 Å². The summed E-state index contributed by atoms with van der Waals surface area (Å²) in [6, 6.07) is 8.36. The van der Waals surface area contributed by atoms with Crippen LogP contribution in [0.15, 0.2) is 35.3 Å². The maximum absolute atomic E-state index is 11.5. The number of carbonyl (C=O) groups is 1. The first-order valence-corrected chi connectivity index (χ1v) is 8.89. The van der Waals surface area contributed by atoms with Gasteiger partial charge in [0.15, 0.2) is 5.82 Å². The van der Waals surface area contributed by atoms with Crippen LogP contribution in [-0.4, -0.2) is 46.3 Å². The molecule has 6 N–H and O–H groups in total. The van der Waals surface area contributed by atoms with E-state index in [-0.39, 0.29) is 44.1 Å². The van der Waals surface area contributed by atoms with Crippen LogP contribution >= 0.6 is 0 Å². The van der Waals surface area contributed by atoms with Crippen LogP contribution in [0.25, 0.3) is 0 Å². The largest absolute Gasteiger partial charge is 0.508 e. The number of hydrogen-bond acceptors (Lipinski definition) is 8. The Labute approximate surface area is 170 Å². The van der Waals surface area contributed by atoms with E-state index in [0.717, 1.165) is 11.3 Å². The number of nitrogens with zero attached hydrogens (tertiary/aromatic N) is 2. The molecule has 0 unspecified atom stereocenters. The van der Waals surface area contributed by atoms with E-state index in [4.69, 9.17) is 15.6 Å². The molecule has 1 aliphatic heterocycles. The molecule has 1 aromatic heterocycles. The first-order valence-electron chi connectivity index (χ1n) is 8.89. The Balaban J connectivity index is 0.000000990. The number of aliphatic hydroxyl groups is 1. The summed E-state index contributed by atoms with van der Waals surface area (Å²) < 4.78 is 4.84. The van der Waals surface area contributed by atoms with Crippen molar-refractivity contribution in [3.8, 4) is 5.75 Å². The fourth-order valence-corrected chi connectivity index (χ4v) is 2.59. The maximum Gasteiger partial charge on any atom is 0.412 e. The minimum Gasteiger partial charge on any atom is -0.508 e. The fourth-order valence-electron chi connectivity index (χ4n) is 2.59. The number of aromatic nitrogens is 1. The number of phenols is 1. The van der Waals surface area contributed by atoms with Gasteiger partial charge < -0.3 is 26.0 Å². The number of rotatable bonds is 3. The number of aliphatic hydroxyl groups excluding tert-OH is 1. The quantitative estimate of drug-likeness (QED) is 0.528. The zero-order chi connectivity index (χ0) is 20.7. The normalized spacial score (nSPS) is 14.1. The Morgan fingerprint density at radius 1 is 1.31 bits per heavy atom. The molecule has 0 saturated heterocycles. The fraction of sp³-hybridized carbons (Fsp3) is 0.350. The highest BCUT2D eigenvalue weighted by Crippen LogP contribution is 2.37. The zero-order valence-corrected chi connectivity index (χ0v) is 16.1. The Morgan fingerprint density at radius 2 is 1.93 bits per heavy atom. The van der Waals surface area contributed by atoms with Gasteiger partial charge in [0, 0.05) is 12.7 Å². The second-order valence-electron chi connectivity index (χ2n) is 5.86. The third-order valence-corrected chi connectivity index (χ3v) is 3.70. The average Bonchev–Trinajstić information content (AvgIpc) is 2.63. The maximum atomic E-state index is 11.5. The van der Waals surface area contributed by atoms with E-state index in [1.54, 1.807) is 44.2 Å². The van der Waals surface area contributed by atoms with Crippen molar-refractivity contribution in [2.75, 3.05) is 29.6 Å². The molecule has 0 bridgehead atoms. The van der Waals surface area contributed by atoms with Crippen molar-refractivity contribution < 1.29 is 19.7 Å². The molecule has 158 valence electrons. The van der Waals surface area contributed by atoms with Crippen LogP contribution in [-0.2, 0) is 4.74 Å². The van der Waals surface area contributed by atoms with Crippen LogP contribution in [0.2, 0.25) is 0 Å². The molecule has 0 radical (unpaired) electrons. The van der Waals surface area contributed by atoms with Crippen molar-refractivity contribution in [2.45, 2.75) is 34.2 Å². The third-order valence-electron chi connectivity index (χ3n) is 3.70. The molecule has 9 heteroatoms. The summed E-state index contributed by atoms with van der Waals surface area (Å²) in [6.45, 7) is 5.88. The summed E-state index contributed by atoms with van der Waals surface area (Å²) >= 11 is 0. The number of phenolic OH excluding ortho intramolecular Hbond substituents is 1. The lowest BCUT2D eigenvalue weighted by Gasteiger charge is -2.25. The number of amides is 1. The summed E-state index contributed by atoms with van der Waals surface area (Å²) in [4.78, 5) is 20.3. The highest BCUT2D eigenvalue weighted by Gasteiger charge is 2.23. The van der Waals surface area contributed by atoms with Crippen molar-refractivity contribution in [3.05, 3.63) is 35.9 Å². The number of aromatic hydroxyl groups is 1. The van der Waals surface area contributed by atoms with Gasteiger partial charge >= 0.3 is 6.09 Å². The summed E-state index contributed by atoms with van der Waals surface area (Å²) in [5.74, 6) is 0.676. The Hall–Kier alpha value is -3.33. The van der Waals surface area contributed by atoms with Gasteiger partial charge in [0.2, 0.25) is 0 Å². The molecular formula is C20H29N5O4. The number of anilines is 3. The number of hydrogen-bond donors (Lipinski definition) is 5. The molecule has 0 saturated carbocycles. The Kier molecular flexibility index (Phi) is 8.88. The van der Waals surface area contributed by atoms with Gasteiger partial charge in [-0.1, -0.05) is 7.43 Å². The predicted molar refractivity (Wildman–Crippen MR) is 116 cm³/mol. The topological polar surface area (TPSA) is 142 Å². The van der Waals surface area contributed by atoms with Gasteiger partial charge in [0.1, 0.15) is 17.3 Å². The molecular weight excluding hydrogens is 374 g/mol. The van der Waals surface area contributed by atoms with Gasteiger partial charge in [0.05, 0.1) is 24.0 Å². The van der Waals surface area contributed by atoms with Crippen molar-refractivity contribution in [3.63, 3.8) is 0 Å². The number of nitrogen functional groups attached to an aromatic ring is 1. The number of benzene rings is 1. The molecule has 2 heterocycles. The van der Waals surface area contributed by atoms with Crippen molar-refractivity contribution in [1.29, 1.82) is 0 Å². The summed E-state index contributed by atoms with van der Waals surface area (Å²) in [7, 11) is 0. The van der Waals surface area contributed by atoms with Gasteiger partial charge in [0.25, 0.3) is 0 Å². The molecule has 0 spiro atoms. The van der Waals surface area contributed by atoms with E-state index < -0.39 is 6.09 Å². The number of pyridine rings is 1. The molecule has 29 heavy (non-hydrogen) atoms. The van der Waals surface area contributed by atoms with E-state index in [1.807, 2.05) is 6.92 Å². The third kappa shape index (κ3) is 6.08. The second kappa shape index (κ2) is 10.9. The van der Waals surface area contributed by atoms with Crippen LogP contribution in [0.4, 0.5) is 27.8 Å². The molecule has 1 aromatic carbocycles. The minimum absolute atomic E-state index is 0. The lowest BCUT2D eigenvalue weighted by atomic mass is 10.0. The summed E-state index contributed by atoms with van der Waals surface area (Å²) in [5.41, 5.74) is 8.85. The first kappa shape index (κ1) is 23.7. The van der Waals surface area contributed by atoms with Crippen molar-refractivity contribution in [2.24, 2.45) is 4.99 Å². The molecule has 0 fully saturated rings. The number of carbonyl (C=O) groups excluding carboxylic acids is 1. The number of nitrogens with one attached hydrogen (secondary N) is 2. The SMILES string of the molecule is C.CCO.CCOC(=O)Nc1cc2c(c(N)n1)N=C(c1ccc(O)cc1)[C@H](C)N2. The first-order chi connectivity index (χ1) is 13.4. The van der Waals surface area contributed by atoms with E-state index in [1.165, 1.54) is 0 Å². The van der Waals surface area contributed by atoms with Gasteiger partial charge in [-0.3, -0.25) is 5.32 Å². The molecule has 9 nitrogen and oxygen atoms in total. The van der Waals surface area contributed by atoms with Crippen molar-refractivity contribution >= 4 is 34.8 Å². The predicted octanol–water partition coefficient (Wildman–Crippen LogP) is 3.51. The molecule has 1 amide bonds. The second-order valence-corrected chi connectivity index (χ2v) is 5.86. The highest BCUT2D eigenvalue weighted by molar-refractivity contribution is 6.10. The van der Waals surface area contributed by atoms with Crippen LogP contribution in [0.5, 0.6) is 5.75 Å². The molecule has 0 aliphatic carbocycles. The van der Waals surface area contributed by atoms with E-state index >= 15 is 0 Å². The van der Waals surface area contributed by atoms with E-state index in [0.29, 0.717) is 11.4 Å². The van der Waals surface area contributed by atoms with Crippen LogP contribution in [0, 0.1) is 0 Å². The molecule has 2 aromatic rings. The minimum atomic E-state index is -0.591. The summed E-state index contributed by atoms with van der Waals surface area (Å²) in [6.07, 6.45) is -0.591. The standard InChI is InChI=1S/C17H19N5O3.C2H6O.CH4/c1-3-25-17(24)21-13-8-12-15(16(18)20-13)22-14(9(2)19-12)10-4-6-11(23)7-5-10;1-2-3;/h4-9,19,23H,3H2,1-2H3,(H3,18,20,21,24);3H,2H2,1H3;1H4/t9-;;/m0../s1. The number of ether oxygens (including phenoxy) is 1. The number of aliphatic imine (C=N–C) groups is 1. The van der Waals surface area contributed by atoms with Crippen LogP contribution in [0.3, 0.4) is 0 Å². The number of fused-ring (bicyclic) bond motifs is 1. The van der Waals surface area contributed by atoms with Gasteiger partial charge in [-0.25, -0.2) is 14.8 Å². The monoisotopic (exact) mass is 403 g/mol.